The van der Waals surface area contributed by atoms with Gasteiger partial charge in [-0.25, -0.2) is 0 Å². The Morgan fingerprint density at radius 1 is 1.50 bits per heavy atom. The Morgan fingerprint density at radius 3 is 2.81 bits per heavy atom. The number of aliphatic hydroxyl groups excluding tert-OH is 1. The van der Waals surface area contributed by atoms with Gasteiger partial charge in [0, 0.05) is 31.2 Å². The molecule has 0 unspecified atom stereocenters. The fourth-order valence-electron chi connectivity index (χ4n) is 1.49. The summed E-state index contributed by atoms with van der Waals surface area (Å²) in [6.45, 7) is 0.989. The zero-order valence-corrected chi connectivity index (χ0v) is 9.69. The first-order valence-corrected chi connectivity index (χ1v) is 6.33. The number of carbonyl (C=O) groups is 1. The summed E-state index contributed by atoms with van der Waals surface area (Å²) in [6.07, 6.45) is 3.20. The van der Waals surface area contributed by atoms with Gasteiger partial charge >= 0.3 is 0 Å². The monoisotopic (exact) mass is 238 g/mol. The van der Waals surface area contributed by atoms with E-state index in [2.05, 4.69) is 4.98 Å². The lowest BCUT2D eigenvalue weighted by atomic mass is 10.2. The topological polar surface area (TPSA) is 53.4 Å². The molecule has 1 aliphatic rings. The van der Waals surface area contributed by atoms with Gasteiger partial charge in [0.05, 0.1) is 11.9 Å². The van der Waals surface area contributed by atoms with Crippen LogP contribution in [-0.2, 0) is 10.5 Å². The van der Waals surface area contributed by atoms with Crippen LogP contribution in [0.25, 0.3) is 0 Å². The van der Waals surface area contributed by atoms with Crippen molar-refractivity contribution < 1.29 is 9.90 Å². The first kappa shape index (κ1) is 11.4. The molecule has 4 nitrogen and oxygen atoms in total. The van der Waals surface area contributed by atoms with Gasteiger partial charge in [0.1, 0.15) is 0 Å². The van der Waals surface area contributed by atoms with E-state index in [9.17, 15) is 4.79 Å². The second kappa shape index (κ2) is 5.32. The van der Waals surface area contributed by atoms with Crippen LogP contribution in [0.1, 0.15) is 5.56 Å². The Labute approximate surface area is 98.7 Å². The van der Waals surface area contributed by atoms with Gasteiger partial charge in [-0.15, -0.1) is 11.8 Å². The Balaban J connectivity index is 1.67. The largest absolute Gasteiger partial charge is 0.389 e. The summed E-state index contributed by atoms with van der Waals surface area (Å²) in [6, 6.07) is 3.90. The average Bonchev–Trinajstić information content (AvgIpc) is 2.26. The summed E-state index contributed by atoms with van der Waals surface area (Å²) in [5, 5.41) is 9.06. The number of pyridine rings is 1. The maximum atomic E-state index is 11.5. The third-order valence-corrected chi connectivity index (χ3v) is 3.45. The molecule has 1 fully saturated rings. The number of carbonyl (C=O) groups excluding carboxylic acids is 1. The summed E-state index contributed by atoms with van der Waals surface area (Å²) in [5.74, 6) is 1.42. The van der Waals surface area contributed by atoms with Crippen molar-refractivity contribution in [2.24, 2.45) is 0 Å². The fraction of sp³-hybridized carbons (Fsp3) is 0.455. The van der Waals surface area contributed by atoms with Crippen LogP contribution in [0.4, 0.5) is 0 Å². The predicted octanol–water partition coefficient (Wildman–Crippen LogP) is 0.518. The van der Waals surface area contributed by atoms with Gasteiger partial charge < -0.3 is 10.0 Å². The van der Waals surface area contributed by atoms with Gasteiger partial charge in [-0.1, -0.05) is 0 Å². The van der Waals surface area contributed by atoms with Crippen LogP contribution < -0.4 is 0 Å². The van der Waals surface area contributed by atoms with E-state index in [1.54, 1.807) is 29.1 Å². The molecule has 0 aromatic carbocycles. The molecule has 1 saturated heterocycles. The standard InChI is InChI=1S/C11H14N2O2S/c14-10-5-13(6-10)11(15)8-16-7-9-1-3-12-4-2-9/h1-4,10,14H,5-8H2. The number of rotatable bonds is 4. The molecule has 0 atom stereocenters. The molecule has 86 valence electrons. The third kappa shape index (κ3) is 2.96. The first-order valence-electron chi connectivity index (χ1n) is 5.18. The number of likely N-dealkylation sites (tertiary alicyclic amines) is 1. The van der Waals surface area contributed by atoms with Gasteiger partial charge in [0.2, 0.25) is 5.91 Å². The molecule has 1 N–H and O–H groups in total. The second-order valence-corrected chi connectivity index (χ2v) is 4.79. The normalized spacial score (nSPS) is 15.9. The van der Waals surface area contributed by atoms with E-state index in [0.29, 0.717) is 18.8 Å². The minimum atomic E-state index is -0.311. The van der Waals surface area contributed by atoms with E-state index in [4.69, 9.17) is 5.11 Å². The number of thioether (sulfide) groups is 1. The van der Waals surface area contributed by atoms with Crippen molar-refractivity contribution in [2.45, 2.75) is 11.9 Å². The van der Waals surface area contributed by atoms with E-state index in [0.717, 1.165) is 5.75 Å². The number of aliphatic hydroxyl groups is 1. The summed E-state index contributed by atoms with van der Waals surface area (Å²) in [7, 11) is 0. The summed E-state index contributed by atoms with van der Waals surface area (Å²) < 4.78 is 0. The maximum absolute atomic E-state index is 11.5. The van der Waals surface area contributed by atoms with Crippen molar-refractivity contribution in [3.8, 4) is 0 Å². The molecule has 1 amide bonds. The number of hydrogen-bond donors (Lipinski definition) is 1. The molecule has 1 aromatic rings. The van der Waals surface area contributed by atoms with Gasteiger partial charge in [-0.3, -0.25) is 9.78 Å². The molecule has 0 radical (unpaired) electrons. The molecule has 5 heteroatoms. The van der Waals surface area contributed by atoms with Gasteiger partial charge in [-0.2, -0.15) is 0 Å². The Morgan fingerprint density at radius 2 is 2.19 bits per heavy atom. The highest BCUT2D eigenvalue weighted by atomic mass is 32.2. The zero-order valence-electron chi connectivity index (χ0n) is 8.87. The van der Waals surface area contributed by atoms with E-state index in [1.807, 2.05) is 12.1 Å². The zero-order chi connectivity index (χ0) is 11.4. The first-order chi connectivity index (χ1) is 7.75. The third-order valence-electron chi connectivity index (χ3n) is 2.46. The summed E-state index contributed by atoms with van der Waals surface area (Å²) in [5.41, 5.74) is 1.18. The number of hydrogen-bond acceptors (Lipinski definition) is 4. The van der Waals surface area contributed by atoms with Crippen molar-refractivity contribution in [3.05, 3.63) is 30.1 Å². The number of β-amino-alcohol motifs (C(OH)–C–C–N with tert-alkyl or cyclic N) is 1. The van der Waals surface area contributed by atoms with Gasteiger partial charge in [0.15, 0.2) is 0 Å². The lowest BCUT2D eigenvalue weighted by molar-refractivity contribution is -0.138. The van der Waals surface area contributed by atoms with Crippen LogP contribution in [0.3, 0.4) is 0 Å². The van der Waals surface area contributed by atoms with Crippen LogP contribution >= 0.6 is 11.8 Å². The number of aromatic nitrogens is 1. The van der Waals surface area contributed by atoms with Crippen molar-refractivity contribution in [3.63, 3.8) is 0 Å². The predicted molar refractivity (Wildman–Crippen MR) is 63.0 cm³/mol. The molecule has 1 aliphatic heterocycles. The van der Waals surface area contributed by atoms with Crippen LogP contribution in [0.2, 0.25) is 0 Å². The number of amides is 1. The van der Waals surface area contributed by atoms with Crippen LogP contribution in [0.15, 0.2) is 24.5 Å². The fourth-order valence-corrected chi connectivity index (χ4v) is 2.37. The highest BCUT2D eigenvalue weighted by molar-refractivity contribution is 7.99. The van der Waals surface area contributed by atoms with Crippen LogP contribution in [-0.4, -0.2) is 45.8 Å². The van der Waals surface area contributed by atoms with Crippen LogP contribution in [0.5, 0.6) is 0 Å². The van der Waals surface area contributed by atoms with Gasteiger partial charge in [0.25, 0.3) is 0 Å². The number of nitrogens with zero attached hydrogens (tertiary/aromatic N) is 2. The van der Waals surface area contributed by atoms with Crippen LogP contribution in [0, 0.1) is 0 Å². The van der Waals surface area contributed by atoms with Crippen molar-refractivity contribution in [1.29, 1.82) is 0 Å². The lowest BCUT2D eigenvalue weighted by Gasteiger charge is -2.35. The molecule has 1 aromatic heterocycles. The van der Waals surface area contributed by atoms with Crippen molar-refractivity contribution in [2.75, 3.05) is 18.8 Å². The van der Waals surface area contributed by atoms with E-state index >= 15 is 0 Å². The molecular weight excluding hydrogens is 224 g/mol. The second-order valence-electron chi connectivity index (χ2n) is 3.80. The molecular formula is C11H14N2O2S. The minimum Gasteiger partial charge on any atom is -0.389 e. The Kier molecular flexibility index (Phi) is 3.79. The molecule has 0 bridgehead atoms. The van der Waals surface area contributed by atoms with Crippen molar-refractivity contribution in [1.82, 2.24) is 9.88 Å². The molecule has 0 aliphatic carbocycles. The highest BCUT2D eigenvalue weighted by Crippen LogP contribution is 2.14. The molecule has 0 saturated carbocycles. The van der Waals surface area contributed by atoms with Gasteiger partial charge in [-0.05, 0) is 17.7 Å². The lowest BCUT2D eigenvalue weighted by Crippen LogP contribution is -2.54. The average molecular weight is 238 g/mol. The van der Waals surface area contributed by atoms with Crippen molar-refractivity contribution >= 4 is 17.7 Å². The summed E-state index contributed by atoms with van der Waals surface area (Å²) in [4.78, 5) is 17.2. The van der Waals surface area contributed by atoms with E-state index < -0.39 is 0 Å². The molecule has 16 heavy (non-hydrogen) atoms. The maximum Gasteiger partial charge on any atom is 0.232 e. The SMILES string of the molecule is O=C(CSCc1ccncc1)N1CC(O)C1. The molecule has 2 heterocycles. The Bertz CT molecular complexity index is 352. The molecule has 2 rings (SSSR count). The Hall–Kier alpha value is -1.07. The highest BCUT2D eigenvalue weighted by Gasteiger charge is 2.28. The smallest absolute Gasteiger partial charge is 0.232 e. The molecule has 0 spiro atoms. The van der Waals surface area contributed by atoms with E-state index in [-0.39, 0.29) is 12.0 Å². The quantitative estimate of drug-likeness (QED) is 0.831. The van der Waals surface area contributed by atoms with E-state index in [1.165, 1.54) is 5.56 Å². The minimum absolute atomic E-state index is 0.115. The summed E-state index contributed by atoms with van der Waals surface area (Å²) >= 11 is 1.59.